The van der Waals surface area contributed by atoms with Crippen LogP contribution in [0.4, 0.5) is 0 Å². The van der Waals surface area contributed by atoms with Gasteiger partial charge in [0, 0.05) is 4.47 Å². The van der Waals surface area contributed by atoms with Crippen LogP contribution in [0, 0.1) is 0 Å². The van der Waals surface area contributed by atoms with Crippen LogP contribution in [0.2, 0.25) is 0 Å². The molecule has 0 fully saturated rings. The molecule has 0 aliphatic carbocycles. The second-order valence-electron chi connectivity index (χ2n) is 4.61. The molecule has 0 saturated carbocycles. The largest absolute Gasteiger partial charge is 0.497 e. The zero-order chi connectivity index (χ0) is 15.2. The quantitative estimate of drug-likeness (QED) is 0.585. The van der Waals surface area contributed by atoms with E-state index in [-0.39, 0.29) is 0 Å². The first kappa shape index (κ1) is 15.4. The Morgan fingerprint density at radius 1 is 0.810 bits per heavy atom. The van der Waals surface area contributed by atoms with E-state index in [1.807, 2.05) is 62.4 Å². The maximum Gasteiger partial charge on any atom is 0.118 e. The molecule has 2 aromatic rings. The monoisotopic (exact) mass is 344 g/mol. The van der Waals surface area contributed by atoms with Gasteiger partial charge in [-0.3, -0.25) is 0 Å². The van der Waals surface area contributed by atoms with Gasteiger partial charge in [-0.2, -0.15) is 10.2 Å². The molecule has 0 N–H and O–H groups in total. The predicted molar refractivity (Wildman–Crippen MR) is 91.6 cm³/mol. The average Bonchev–Trinajstić information content (AvgIpc) is 2.53. The number of benzene rings is 2. The fourth-order valence-corrected chi connectivity index (χ4v) is 2.05. The highest BCUT2D eigenvalue weighted by molar-refractivity contribution is 9.10. The third kappa shape index (κ3) is 4.26. The van der Waals surface area contributed by atoms with Crippen molar-refractivity contribution in [3.63, 3.8) is 0 Å². The highest BCUT2D eigenvalue weighted by Crippen LogP contribution is 2.13. The van der Waals surface area contributed by atoms with Gasteiger partial charge in [0.25, 0.3) is 0 Å². The molecule has 0 unspecified atom stereocenters. The lowest BCUT2D eigenvalue weighted by atomic mass is 10.1. The number of ether oxygens (including phenoxy) is 1. The van der Waals surface area contributed by atoms with Crippen LogP contribution >= 0.6 is 15.9 Å². The summed E-state index contributed by atoms with van der Waals surface area (Å²) < 4.78 is 6.20. The summed E-state index contributed by atoms with van der Waals surface area (Å²) in [5.74, 6) is 0.834. The highest BCUT2D eigenvalue weighted by atomic mass is 79.9. The van der Waals surface area contributed by atoms with Crippen LogP contribution in [0.3, 0.4) is 0 Å². The van der Waals surface area contributed by atoms with Gasteiger partial charge in [0.15, 0.2) is 0 Å². The summed E-state index contributed by atoms with van der Waals surface area (Å²) in [5, 5.41) is 8.60. The van der Waals surface area contributed by atoms with Gasteiger partial charge in [-0.05, 0) is 61.4 Å². The van der Waals surface area contributed by atoms with Crippen molar-refractivity contribution in [2.24, 2.45) is 10.2 Å². The van der Waals surface area contributed by atoms with Crippen LogP contribution in [0.1, 0.15) is 25.0 Å². The number of hydrogen-bond acceptors (Lipinski definition) is 3. The van der Waals surface area contributed by atoms with Gasteiger partial charge in [0.2, 0.25) is 0 Å². The summed E-state index contributed by atoms with van der Waals surface area (Å²) in [6.07, 6.45) is 0. The number of halogens is 1. The maximum absolute atomic E-state index is 5.14. The van der Waals surface area contributed by atoms with Crippen molar-refractivity contribution in [1.82, 2.24) is 0 Å². The molecule has 0 saturated heterocycles. The molecule has 0 radical (unpaired) electrons. The van der Waals surface area contributed by atoms with Crippen LogP contribution in [0.5, 0.6) is 5.75 Å². The van der Waals surface area contributed by atoms with Crippen molar-refractivity contribution in [2.75, 3.05) is 7.11 Å². The second-order valence-corrected chi connectivity index (χ2v) is 5.52. The van der Waals surface area contributed by atoms with Crippen LogP contribution < -0.4 is 4.74 Å². The second kappa shape index (κ2) is 7.18. The van der Waals surface area contributed by atoms with Crippen LogP contribution in [0.15, 0.2) is 63.2 Å². The third-order valence-corrected chi connectivity index (χ3v) is 3.65. The molecule has 0 heterocycles. The first-order valence-electron chi connectivity index (χ1n) is 6.59. The minimum atomic E-state index is 0.834. The van der Waals surface area contributed by atoms with Gasteiger partial charge in [-0.25, -0.2) is 0 Å². The van der Waals surface area contributed by atoms with E-state index in [0.717, 1.165) is 32.8 Å². The maximum atomic E-state index is 5.14. The van der Waals surface area contributed by atoms with Gasteiger partial charge in [-0.15, -0.1) is 0 Å². The molecule has 0 aliphatic heterocycles. The Labute approximate surface area is 133 Å². The van der Waals surface area contributed by atoms with Gasteiger partial charge in [0.1, 0.15) is 5.75 Å². The Morgan fingerprint density at radius 3 is 1.67 bits per heavy atom. The molecule has 21 heavy (non-hydrogen) atoms. The van der Waals surface area contributed by atoms with Crippen molar-refractivity contribution < 1.29 is 4.74 Å². The first-order valence-corrected chi connectivity index (χ1v) is 7.38. The van der Waals surface area contributed by atoms with Crippen molar-refractivity contribution in [2.45, 2.75) is 13.8 Å². The fraction of sp³-hybridized carbons (Fsp3) is 0.176. The number of rotatable bonds is 4. The molecule has 0 atom stereocenters. The van der Waals surface area contributed by atoms with Crippen molar-refractivity contribution >= 4 is 27.4 Å². The number of methoxy groups -OCH3 is 1. The van der Waals surface area contributed by atoms with Crippen molar-refractivity contribution in [3.8, 4) is 5.75 Å². The standard InChI is InChI=1S/C17H17BrN2O/c1-12(14-4-8-16(18)9-5-14)19-20-13(2)15-6-10-17(21-3)11-7-15/h4-11H,1-3H3. The van der Waals surface area contributed by atoms with Crippen LogP contribution in [-0.4, -0.2) is 18.5 Å². The number of hydrogen-bond donors (Lipinski definition) is 0. The third-order valence-electron chi connectivity index (χ3n) is 3.12. The summed E-state index contributed by atoms with van der Waals surface area (Å²) in [6.45, 7) is 3.90. The van der Waals surface area contributed by atoms with E-state index in [2.05, 4.69) is 26.1 Å². The predicted octanol–water partition coefficient (Wildman–Crippen LogP) is 4.69. The molecule has 108 valence electrons. The minimum Gasteiger partial charge on any atom is -0.497 e. The Hall–Kier alpha value is -1.94. The molecule has 2 aromatic carbocycles. The molecule has 0 aromatic heterocycles. The van der Waals surface area contributed by atoms with E-state index in [9.17, 15) is 0 Å². The van der Waals surface area contributed by atoms with Crippen molar-refractivity contribution in [3.05, 3.63) is 64.1 Å². The topological polar surface area (TPSA) is 34.0 Å². The molecule has 0 bridgehead atoms. The van der Waals surface area contributed by atoms with Crippen LogP contribution in [-0.2, 0) is 0 Å². The smallest absolute Gasteiger partial charge is 0.118 e. The Bertz CT molecular complexity index is 658. The molecular weight excluding hydrogens is 328 g/mol. The highest BCUT2D eigenvalue weighted by Gasteiger charge is 1.99. The lowest BCUT2D eigenvalue weighted by molar-refractivity contribution is 0.415. The SMILES string of the molecule is COc1ccc(C(C)=NN=C(C)c2ccc(Br)cc2)cc1. The first-order chi connectivity index (χ1) is 10.1. The summed E-state index contributed by atoms with van der Waals surface area (Å²) >= 11 is 3.42. The summed E-state index contributed by atoms with van der Waals surface area (Å²) in [7, 11) is 1.65. The van der Waals surface area contributed by atoms with E-state index >= 15 is 0 Å². The lowest BCUT2D eigenvalue weighted by Gasteiger charge is -2.02. The molecule has 4 heteroatoms. The van der Waals surface area contributed by atoms with E-state index in [0.29, 0.717) is 0 Å². The molecule has 0 amide bonds. The van der Waals surface area contributed by atoms with E-state index in [1.54, 1.807) is 7.11 Å². The molecule has 0 aliphatic rings. The average molecular weight is 345 g/mol. The molecule has 3 nitrogen and oxygen atoms in total. The number of nitrogens with zero attached hydrogens (tertiary/aromatic N) is 2. The fourth-order valence-electron chi connectivity index (χ4n) is 1.79. The van der Waals surface area contributed by atoms with Gasteiger partial charge < -0.3 is 4.74 Å². The lowest BCUT2D eigenvalue weighted by Crippen LogP contribution is -1.97. The normalized spacial score (nSPS) is 12.4. The zero-order valence-corrected chi connectivity index (χ0v) is 13.9. The van der Waals surface area contributed by atoms with E-state index in [4.69, 9.17) is 4.74 Å². The van der Waals surface area contributed by atoms with Gasteiger partial charge in [0.05, 0.1) is 18.5 Å². The Morgan fingerprint density at radius 2 is 1.24 bits per heavy atom. The van der Waals surface area contributed by atoms with Crippen molar-refractivity contribution in [1.29, 1.82) is 0 Å². The molecule has 2 rings (SSSR count). The van der Waals surface area contributed by atoms with Gasteiger partial charge >= 0.3 is 0 Å². The molecule has 0 spiro atoms. The summed E-state index contributed by atoms with van der Waals surface area (Å²) in [4.78, 5) is 0. The zero-order valence-electron chi connectivity index (χ0n) is 12.3. The van der Waals surface area contributed by atoms with E-state index < -0.39 is 0 Å². The summed E-state index contributed by atoms with van der Waals surface area (Å²) in [5.41, 5.74) is 3.84. The van der Waals surface area contributed by atoms with Crippen LogP contribution in [0.25, 0.3) is 0 Å². The summed E-state index contributed by atoms with van der Waals surface area (Å²) in [6, 6.07) is 15.8. The Kier molecular flexibility index (Phi) is 5.28. The Balaban J connectivity index is 2.17. The van der Waals surface area contributed by atoms with Gasteiger partial charge in [-0.1, -0.05) is 28.1 Å². The minimum absolute atomic E-state index is 0.834. The van der Waals surface area contributed by atoms with E-state index in [1.165, 1.54) is 0 Å². The molecular formula is C17H17BrN2O.